The van der Waals surface area contributed by atoms with Crippen LogP contribution in [0.4, 0.5) is 0 Å². The molecular weight excluding hydrogens is 336 g/mol. The van der Waals surface area contributed by atoms with Gasteiger partial charge in [0.25, 0.3) is 0 Å². The topological polar surface area (TPSA) is 58.6 Å². The predicted octanol–water partition coefficient (Wildman–Crippen LogP) is 5.08. The van der Waals surface area contributed by atoms with Crippen LogP contribution in [0, 0.1) is 0 Å². The molecule has 3 aromatic carbocycles. The summed E-state index contributed by atoms with van der Waals surface area (Å²) in [5.74, 6) is 0.135. The number of aromatic nitrogens is 1. The van der Waals surface area contributed by atoms with Gasteiger partial charge in [0.05, 0.1) is 12.3 Å². The molecule has 0 fully saturated rings. The molecule has 4 heteroatoms. The number of rotatable bonds is 5. The molecule has 0 aliphatic carbocycles. The summed E-state index contributed by atoms with van der Waals surface area (Å²) in [5, 5.41) is 10.4. The molecule has 0 aliphatic heterocycles. The highest BCUT2D eigenvalue weighted by Gasteiger charge is 2.20. The van der Waals surface area contributed by atoms with E-state index in [1.54, 1.807) is 0 Å². The SMILES string of the molecule is Oc1oc(-c2ccccc2)nc1C(=NCc1ccccc1)c1ccccc1. The third-order valence-electron chi connectivity index (χ3n) is 4.16. The molecule has 1 N–H and O–H groups in total. The smallest absolute Gasteiger partial charge is 0.313 e. The van der Waals surface area contributed by atoms with Crippen LogP contribution >= 0.6 is 0 Å². The molecule has 0 unspecified atom stereocenters. The molecule has 4 aromatic rings. The third kappa shape index (κ3) is 3.80. The summed E-state index contributed by atoms with van der Waals surface area (Å²) in [4.78, 5) is 9.26. The molecule has 0 aliphatic rings. The molecule has 0 radical (unpaired) electrons. The molecular formula is C23H18N2O2. The van der Waals surface area contributed by atoms with Crippen molar-refractivity contribution in [2.45, 2.75) is 6.54 Å². The highest BCUT2D eigenvalue weighted by Crippen LogP contribution is 2.28. The summed E-state index contributed by atoms with van der Waals surface area (Å²) < 4.78 is 5.52. The Kier molecular flexibility index (Phi) is 4.79. The van der Waals surface area contributed by atoms with Gasteiger partial charge in [-0.05, 0) is 17.7 Å². The second kappa shape index (κ2) is 7.70. The van der Waals surface area contributed by atoms with E-state index in [1.165, 1.54) is 0 Å². The van der Waals surface area contributed by atoms with Gasteiger partial charge in [-0.1, -0.05) is 78.9 Å². The number of nitrogens with zero attached hydrogens (tertiary/aromatic N) is 2. The minimum absolute atomic E-state index is 0.232. The van der Waals surface area contributed by atoms with E-state index in [4.69, 9.17) is 9.41 Å². The summed E-state index contributed by atoms with van der Waals surface area (Å²) in [7, 11) is 0. The molecule has 0 amide bonds. The summed E-state index contributed by atoms with van der Waals surface area (Å²) in [5.41, 5.74) is 3.70. The number of hydrogen-bond acceptors (Lipinski definition) is 4. The van der Waals surface area contributed by atoms with Crippen LogP contribution in [0.15, 0.2) is 100 Å². The maximum Gasteiger partial charge on any atom is 0.313 e. The van der Waals surface area contributed by atoms with Gasteiger partial charge in [-0.2, -0.15) is 0 Å². The van der Waals surface area contributed by atoms with E-state index < -0.39 is 0 Å². The summed E-state index contributed by atoms with van der Waals surface area (Å²) in [6.45, 7) is 0.484. The second-order valence-electron chi connectivity index (χ2n) is 6.06. The van der Waals surface area contributed by atoms with E-state index in [2.05, 4.69) is 4.98 Å². The van der Waals surface area contributed by atoms with Crippen molar-refractivity contribution in [2.75, 3.05) is 0 Å². The molecule has 132 valence electrons. The monoisotopic (exact) mass is 354 g/mol. The maximum atomic E-state index is 10.4. The van der Waals surface area contributed by atoms with Gasteiger partial charge in [-0.25, -0.2) is 4.98 Å². The van der Waals surface area contributed by atoms with Crippen molar-refractivity contribution in [3.63, 3.8) is 0 Å². The molecule has 4 rings (SSSR count). The van der Waals surface area contributed by atoms with Crippen molar-refractivity contribution in [3.05, 3.63) is 108 Å². The standard InChI is InChI=1S/C23H18N2O2/c26-23-21(25-22(27-23)19-14-8-3-9-15-19)20(18-12-6-2-7-13-18)24-16-17-10-4-1-5-11-17/h1-15,26H,16H2. The van der Waals surface area contributed by atoms with E-state index in [1.807, 2.05) is 91.0 Å². The minimum atomic E-state index is -0.232. The summed E-state index contributed by atoms with van der Waals surface area (Å²) in [6, 6.07) is 29.2. The van der Waals surface area contributed by atoms with Crippen molar-refractivity contribution in [3.8, 4) is 17.4 Å². The zero-order valence-corrected chi connectivity index (χ0v) is 14.6. The van der Waals surface area contributed by atoms with E-state index in [-0.39, 0.29) is 5.95 Å². The van der Waals surface area contributed by atoms with Gasteiger partial charge in [0.1, 0.15) is 0 Å². The van der Waals surface area contributed by atoms with Crippen LogP contribution in [0.2, 0.25) is 0 Å². The first-order valence-electron chi connectivity index (χ1n) is 8.70. The van der Waals surface area contributed by atoms with Crippen molar-refractivity contribution < 1.29 is 9.52 Å². The second-order valence-corrected chi connectivity index (χ2v) is 6.06. The Labute approximate surface area is 157 Å². The Morgan fingerprint density at radius 1 is 0.815 bits per heavy atom. The number of aromatic hydroxyl groups is 1. The van der Waals surface area contributed by atoms with Crippen LogP contribution in [-0.4, -0.2) is 15.8 Å². The average Bonchev–Trinajstić information content (AvgIpc) is 3.12. The zero-order chi connectivity index (χ0) is 18.5. The first-order valence-corrected chi connectivity index (χ1v) is 8.70. The number of oxazole rings is 1. The normalized spacial score (nSPS) is 11.5. The van der Waals surface area contributed by atoms with Crippen LogP contribution in [0.5, 0.6) is 5.95 Å². The van der Waals surface area contributed by atoms with Crippen molar-refractivity contribution in [2.24, 2.45) is 4.99 Å². The lowest BCUT2D eigenvalue weighted by Gasteiger charge is -2.05. The number of benzene rings is 3. The number of aliphatic imine (C=N–C) groups is 1. The quantitative estimate of drug-likeness (QED) is 0.508. The van der Waals surface area contributed by atoms with E-state index in [0.29, 0.717) is 23.8 Å². The Hall–Kier alpha value is -3.66. The largest absolute Gasteiger partial charge is 0.479 e. The summed E-state index contributed by atoms with van der Waals surface area (Å²) in [6.07, 6.45) is 0. The van der Waals surface area contributed by atoms with E-state index in [9.17, 15) is 5.11 Å². The van der Waals surface area contributed by atoms with Gasteiger partial charge >= 0.3 is 5.95 Å². The van der Waals surface area contributed by atoms with Crippen molar-refractivity contribution in [1.29, 1.82) is 0 Å². The van der Waals surface area contributed by atoms with Gasteiger partial charge in [0.15, 0.2) is 5.69 Å². The Bertz CT molecular complexity index is 1040. The predicted molar refractivity (Wildman–Crippen MR) is 106 cm³/mol. The molecule has 0 atom stereocenters. The third-order valence-corrected chi connectivity index (χ3v) is 4.16. The molecule has 1 aromatic heterocycles. The van der Waals surface area contributed by atoms with Crippen LogP contribution in [0.3, 0.4) is 0 Å². The lowest BCUT2D eigenvalue weighted by Crippen LogP contribution is -2.05. The molecule has 0 saturated heterocycles. The highest BCUT2D eigenvalue weighted by atomic mass is 16.5. The Morgan fingerprint density at radius 2 is 1.41 bits per heavy atom. The maximum absolute atomic E-state index is 10.4. The van der Waals surface area contributed by atoms with Gasteiger partial charge in [-0.3, -0.25) is 4.99 Å². The highest BCUT2D eigenvalue weighted by molar-refractivity contribution is 6.13. The van der Waals surface area contributed by atoms with Crippen LogP contribution in [0.1, 0.15) is 16.8 Å². The minimum Gasteiger partial charge on any atom is -0.479 e. The molecule has 0 saturated carbocycles. The molecule has 4 nitrogen and oxygen atoms in total. The fraction of sp³-hybridized carbons (Fsp3) is 0.0435. The molecule has 27 heavy (non-hydrogen) atoms. The first-order chi connectivity index (χ1) is 13.3. The zero-order valence-electron chi connectivity index (χ0n) is 14.6. The van der Waals surface area contributed by atoms with Gasteiger partial charge in [-0.15, -0.1) is 0 Å². The molecule has 0 spiro atoms. The van der Waals surface area contributed by atoms with Gasteiger partial charge < -0.3 is 9.52 Å². The van der Waals surface area contributed by atoms with E-state index in [0.717, 1.165) is 16.7 Å². The first kappa shape index (κ1) is 16.8. The Morgan fingerprint density at radius 3 is 2.07 bits per heavy atom. The van der Waals surface area contributed by atoms with Crippen LogP contribution in [0.25, 0.3) is 11.5 Å². The fourth-order valence-electron chi connectivity index (χ4n) is 2.82. The average molecular weight is 354 g/mol. The van der Waals surface area contributed by atoms with Gasteiger partial charge in [0.2, 0.25) is 5.89 Å². The summed E-state index contributed by atoms with van der Waals surface area (Å²) >= 11 is 0. The lowest BCUT2D eigenvalue weighted by molar-refractivity contribution is 0.336. The van der Waals surface area contributed by atoms with E-state index >= 15 is 0 Å². The molecule has 1 heterocycles. The number of hydrogen-bond donors (Lipinski definition) is 1. The van der Waals surface area contributed by atoms with Gasteiger partial charge in [0, 0.05) is 11.1 Å². The lowest BCUT2D eigenvalue weighted by atomic mass is 10.1. The molecule has 0 bridgehead atoms. The fourth-order valence-corrected chi connectivity index (χ4v) is 2.82. The van der Waals surface area contributed by atoms with Crippen molar-refractivity contribution in [1.82, 2.24) is 4.98 Å². The van der Waals surface area contributed by atoms with Crippen LogP contribution < -0.4 is 0 Å². The van der Waals surface area contributed by atoms with Crippen LogP contribution in [-0.2, 0) is 6.54 Å². The van der Waals surface area contributed by atoms with Crippen molar-refractivity contribution >= 4 is 5.71 Å². The Balaban J connectivity index is 1.76.